The number of rotatable bonds is 3. The largest absolute Gasteiger partial charge is 0.417 e. The first-order chi connectivity index (χ1) is 10.9. The van der Waals surface area contributed by atoms with Gasteiger partial charge < -0.3 is 10.6 Å². The molecule has 9 heteroatoms. The summed E-state index contributed by atoms with van der Waals surface area (Å²) in [7, 11) is 0. The topological polar surface area (TPSA) is 54.0 Å². The third-order valence-corrected chi connectivity index (χ3v) is 4.43. The summed E-state index contributed by atoms with van der Waals surface area (Å²) in [5.41, 5.74) is -0.509. The van der Waals surface area contributed by atoms with Gasteiger partial charge in [-0.3, -0.25) is 4.79 Å². The van der Waals surface area contributed by atoms with Crippen LogP contribution in [0.5, 0.6) is 0 Å². The SMILES string of the molecule is Cl.O=C(Nc1nc(-c2ccccc2C(F)(F)F)cs1)C1CCNC1. The number of aromatic nitrogens is 1. The predicted molar refractivity (Wildman–Crippen MR) is 89.4 cm³/mol. The fourth-order valence-electron chi connectivity index (χ4n) is 2.49. The minimum atomic E-state index is -4.45. The molecule has 1 amide bonds. The van der Waals surface area contributed by atoms with Gasteiger partial charge in [0.15, 0.2) is 5.13 Å². The van der Waals surface area contributed by atoms with Gasteiger partial charge in [0, 0.05) is 17.5 Å². The average Bonchev–Trinajstić information content (AvgIpc) is 3.18. The summed E-state index contributed by atoms with van der Waals surface area (Å²) in [6.45, 7) is 1.40. The number of nitrogens with zero attached hydrogens (tertiary/aromatic N) is 1. The van der Waals surface area contributed by atoms with E-state index in [0.717, 1.165) is 30.4 Å². The number of hydrogen-bond donors (Lipinski definition) is 2. The second-order valence-electron chi connectivity index (χ2n) is 5.26. The number of nitrogens with one attached hydrogen (secondary N) is 2. The monoisotopic (exact) mass is 377 g/mol. The Morgan fingerprint density at radius 3 is 2.75 bits per heavy atom. The zero-order valence-corrected chi connectivity index (χ0v) is 14.0. The maximum Gasteiger partial charge on any atom is 0.417 e. The standard InChI is InChI=1S/C15H14F3N3OS.ClH/c16-15(17,18)11-4-2-1-3-10(11)12-8-23-14(20-12)21-13(22)9-5-6-19-7-9;/h1-4,8-9,19H,5-7H2,(H,20,21,22);1H. The average molecular weight is 378 g/mol. The third-order valence-electron chi connectivity index (χ3n) is 3.67. The fourth-order valence-corrected chi connectivity index (χ4v) is 3.21. The first-order valence-electron chi connectivity index (χ1n) is 7.09. The Labute approximate surface area is 146 Å². The third kappa shape index (κ3) is 4.06. The highest BCUT2D eigenvalue weighted by Gasteiger charge is 2.34. The highest BCUT2D eigenvalue weighted by Crippen LogP contribution is 2.37. The van der Waals surface area contributed by atoms with E-state index in [9.17, 15) is 18.0 Å². The van der Waals surface area contributed by atoms with Crippen LogP contribution in [-0.4, -0.2) is 24.0 Å². The van der Waals surface area contributed by atoms with Crippen molar-refractivity contribution in [2.24, 2.45) is 5.92 Å². The van der Waals surface area contributed by atoms with Gasteiger partial charge in [0.1, 0.15) is 0 Å². The Morgan fingerprint density at radius 2 is 2.08 bits per heavy atom. The highest BCUT2D eigenvalue weighted by molar-refractivity contribution is 7.14. The molecule has 0 saturated carbocycles. The molecule has 1 unspecified atom stereocenters. The van der Waals surface area contributed by atoms with Gasteiger partial charge in [-0.1, -0.05) is 18.2 Å². The van der Waals surface area contributed by atoms with Gasteiger partial charge in [0.2, 0.25) is 5.91 Å². The van der Waals surface area contributed by atoms with Crippen molar-refractivity contribution >= 4 is 34.8 Å². The minimum Gasteiger partial charge on any atom is -0.316 e. The second-order valence-corrected chi connectivity index (χ2v) is 6.12. The van der Waals surface area contributed by atoms with Gasteiger partial charge in [0.05, 0.1) is 17.2 Å². The molecule has 0 aliphatic carbocycles. The zero-order chi connectivity index (χ0) is 16.4. The molecule has 0 bridgehead atoms. The van der Waals surface area contributed by atoms with Crippen LogP contribution in [0.25, 0.3) is 11.3 Å². The van der Waals surface area contributed by atoms with Gasteiger partial charge in [-0.25, -0.2) is 4.98 Å². The first-order valence-corrected chi connectivity index (χ1v) is 7.97. The smallest absolute Gasteiger partial charge is 0.316 e. The second kappa shape index (κ2) is 7.50. The molecule has 2 N–H and O–H groups in total. The van der Waals surface area contributed by atoms with Crippen molar-refractivity contribution in [2.75, 3.05) is 18.4 Å². The number of halogens is 4. The van der Waals surface area contributed by atoms with Crippen molar-refractivity contribution in [3.8, 4) is 11.3 Å². The number of thiazole rings is 1. The molecule has 1 aromatic heterocycles. The minimum absolute atomic E-state index is 0. The molecule has 4 nitrogen and oxygen atoms in total. The lowest BCUT2D eigenvalue weighted by molar-refractivity contribution is -0.137. The zero-order valence-electron chi connectivity index (χ0n) is 12.4. The molecule has 1 fully saturated rings. The van der Waals surface area contributed by atoms with Crippen LogP contribution in [0, 0.1) is 5.92 Å². The molecular weight excluding hydrogens is 363 g/mol. The summed E-state index contributed by atoms with van der Waals surface area (Å²) < 4.78 is 39.2. The molecule has 0 radical (unpaired) electrons. The Bertz CT molecular complexity index is 714. The summed E-state index contributed by atoms with van der Waals surface area (Å²) in [4.78, 5) is 16.2. The fraction of sp³-hybridized carbons (Fsp3) is 0.333. The van der Waals surface area contributed by atoms with E-state index in [4.69, 9.17) is 0 Å². The van der Waals surface area contributed by atoms with Crippen LogP contribution in [0.15, 0.2) is 29.6 Å². The van der Waals surface area contributed by atoms with Crippen molar-refractivity contribution in [1.82, 2.24) is 10.3 Å². The summed E-state index contributed by atoms with van der Waals surface area (Å²) in [6, 6.07) is 5.28. The lowest BCUT2D eigenvalue weighted by Gasteiger charge is -2.10. The molecule has 1 aliphatic heterocycles. The molecule has 24 heavy (non-hydrogen) atoms. The van der Waals surface area contributed by atoms with Crippen molar-refractivity contribution in [3.63, 3.8) is 0 Å². The summed E-state index contributed by atoms with van der Waals surface area (Å²) >= 11 is 1.12. The molecule has 1 aromatic carbocycles. The number of anilines is 1. The van der Waals surface area contributed by atoms with Crippen LogP contribution in [-0.2, 0) is 11.0 Å². The molecule has 1 atom stereocenters. The molecular formula is C15H15ClF3N3OS. The van der Waals surface area contributed by atoms with Gasteiger partial charge >= 0.3 is 6.18 Å². The van der Waals surface area contributed by atoms with Gasteiger partial charge in [-0.2, -0.15) is 13.2 Å². The van der Waals surface area contributed by atoms with E-state index in [1.54, 1.807) is 0 Å². The van der Waals surface area contributed by atoms with Crippen LogP contribution < -0.4 is 10.6 Å². The summed E-state index contributed by atoms with van der Waals surface area (Å²) in [6.07, 6.45) is -3.69. The quantitative estimate of drug-likeness (QED) is 0.855. The number of carbonyl (C=O) groups excluding carboxylic acids is 1. The van der Waals surface area contributed by atoms with Crippen molar-refractivity contribution in [1.29, 1.82) is 0 Å². The van der Waals surface area contributed by atoms with Crippen molar-refractivity contribution in [2.45, 2.75) is 12.6 Å². The van der Waals surface area contributed by atoms with Gasteiger partial charge in [-0.15, -0.1) is 23.7 Å². The Balaban J connectivity index is 0.00000208. The maximum atomic E-state index is 13.1. The van der Waals surface area contributed by atoms with E-state index in [2.05, 4.69) is 15.6 Å². The van der Waals surface area contributed by atoms with Crippen molar-refractivity contribution in [3.05, 3.63) is 35.2 Å². The van der Waals surface area contributed by atoms with Crippen LogP contribution in [0.1, 0.15) is 12.0 Å². The molecule has 0 spiro atoms. The summed E-state index contributed by atoms with van der Waals surface area (Å²) in [5, 5.41) is 7.61. The number of benzene rings is 1. The van der Waals surface area contributed by atoms with Crippen LogP contribution in [0.4, 0.5) is 18.3 Å². The molecule has 130 valence electrons. The predicted octanol–water partition coefficient (Wildman–Crippen LogP) is 3.80. The molecule has 2 aromatic rings. The van der Waals surface area contributed by atoms with E-state index < -0.39 is 11.7 Å². The van der Waals surface area contributed by atoms with E-state index >= 15 is 0 Å². The molecule has 1 aliphatic rings. The van der Waals surface area contributed by atoms with E-state index in [1.165, 1.54) is 23.6 Å². The van der Waals surface area contributed by atoms with Crippen LogP contribution in [0.3, 0.4) is 0 Å². The first kappa shape index (κ1) is 18.7. The van der Waals surface area contributed by atoms with Gasteiger partial charge in [-0.05, 0) is 19.0 Å². The van der Waals surface area contributed by atoms with Crippen LogP contribution in [0.2, 0.25) is 0 Å². The Morgan fingerprint density at radius 1 is 1.33 bits per heavy atom. The number of amides is 1. The highest BCUT2D eigenvalue weighted by atomic mass is 35.5. The lowest BCUT2D eigenvalue weighted by atomic mass is 10.1. The molecule has 1 saturated heterocycles. The Hall–Kier alpha value is -1.64. The number of carbonyl (C=O) groups is 1. The normalized spacial score (nSPS) is 17.4. The van der Waals surface area contributed by atoms with E-state index in [0.29, 0.717) is 11.7 Å². The molecule has 3 rings (SSSR count). The lowest BCUT2D eigenvalue weighted by Crippen LogP contribution is -2.24. The molecule has 2 heterocycles. The summed E-state index contributed by atoms with van der Waals surface area (Å²) in [5.74, 6) is -0.273. The number of alkyl halides is 3. The van der Waals surface area contributed by atoms with Crippen molar-refractivity contribution < 1.29 is 18.0 Å². The van der Waals surface area contributed by atoms with E-state index in [1.807, 2.05) is 0 Å². The number of hydrogen-bond acceptors (Lipinski definition) is 4. The maximum absolute atomic E-state index is 13.1. The van der Waals surface area contributed by atoms with Gasteiger partial charge in [0.25, 0.3) is 0 Å². The van der Waals surface area contributed by atoms with E-state index in [-0.39, 0.29) is 35.5 Å². The van der Waals surface area contributed by atoms with Crippen LogP contribution >= 0.6 is 23.7 Å². The Kier molecular flexibility index (Phi) is 5.84.